The van der Waals surface area contributed by atoms with Gasteiger partial charge >= 0.3 is 5.97 Å². The molecule has 0 aromatic heterocycles. The first kappa shape index (κ1) is 36.9. The number of carbonyl (C=O) groups is 3. The molecule has 4 saturated carbocycles. The van der Waals surface area contributed by atoms with Gasteiger partial charge in [0.05, 0.1) is 23.7 Å². The molecule has 292 valence electrons. The summed E-state index contributed by atoms with van der Waals surface area (Å²) in [5.74, 6) is -3.32. The number of esters is 1. The van der Waals surface area contributed by atoms with Crippen molar-refractivity contribution in [2.45, 2.75) is 116 Å². The van der Waals surface area contributed by atoms with Gasteiger partial charge in [0, 0.05) is 39.3 Å². The number of amides is 1. The number of allylic oxidation sites excluding steroid dienone is 4. The minimum absolute atomic E-state index is 0.00276. The lowest BCUT2D eigenvalue weighted by atomic mass is 9.32. The van der Waals surface area contributed by atoms with Gasteiger partial charge in [-0.1, -0.05) is 76.3 Å². The highest BCUT2D eigenvalue weighted by molar-refractivity contribution is 6.10. The molecule has 8 aliphatic rings. The van der Waals surface area contributed by atoms with E-state index in [4.69, 9.17) is 4.74 Å². The summed E-state index contributed by atoms with van der Waals surface area (Å²) in [5, 5.41) is 24.3. The van der Waals surface area contributed by atoms with E-state index < -0.39 is 56.0 Å². The van der Waals surface area contributed by atoms with E-state index in [0.29, 0.717) is 56.9 Å². The zero-order valence-corrected chi connectivity index (χ0v) is 32.6. The van der Waals surface area contributed by atoms with Crippen LogP contribution >= 0.6 is 0 Å². The first-order valence-electron chi connectivity index (χ1n) is 20.2. The molecule has 2 aromatic carbocycles. The Hall–Kier alpha value is -3.69. The predicted octanol–water partition coefficient (Wildman–Crippen LogP) is 7.89. The topological polar surface area (TPSA) is 104 Å². The highest BCUT2D eigenvalue weighted by atomic mass is 19.2. The molecule has 55 heavy (non-hydrogen) atoms. The van der Waals surface area contributed by atoms with E-state index in [9.17, 15) is 28.6 Å². The quantitative estimate of drug-likeness (QED) is 0.169. The molecule has 10 unspecified atom stereocenters. The Labute approximate surface area is 322 Å². The zero-order chi connectivity index (χ0) is 39.2. The van der Waals surface area contributed by atoms with Gasteiger partial charge in [0.2, 0.25) is 0 Å². The van der Waals surface area contributed by atoms with Gasteiger partial charge in [0.25, 0.3) is 5.91 Å². The number of halogens is 2. The van der Waals surface area contributed by atoms with Gasteiger partial charge in [0.15, 0.2) is 23.0 Å². The molecule has 2 spiro atoms. The van der Waals surface area contributed by atoms with Crippen LogP contribution in [0.5, 0.6) is 0 Å². The van der Waals surface area contributed by atoms with Crippen LogP contribution in [0.4, 0.5) is 8.78 Å². The third-order valence-electron chi connectivity index (χ3n) is 17.5. The van der Waals surface area contributed by atoms with Crippen LogP contribution in [0.1, 0.15) is 108 Å². The van der Waals surface area contributed by atoms with Crippen LogP contribution < -0.4 is 0 Å². The Morgan fingerprint density at radius 2 is 1.55 bits per heavy atom. The van der Waals surface area contributed by atoms with Crippen LogP contribution in [-0.4, -0.2) is 56.6 Å². The summed E-state index contributed by atoms with van der Waals surface area (Å²) in [5.41, 5.74) is -5.21. The molecule has 7 aliphatic carbocycles. The SMILES string of the molecule is CC12CCC(C(=O)N(Cc3ccccc3)CC3(O)CCC4C56C=CC7(C=C5C(=O)c5ccc(F)c(F)c5)CC(O)CCC7(C)C6CCC43C)(OC1=O)C2(C)C. The smallest absolute Gasteiger partial charge is 0.313 e. The molecule has 1 saturated heterocycles. The number of nitrogens with zero attached hydrogens (tertiary/aromatic N) is 1. The van der Waals surface area contributed by atoms with Crippen molar-refractivity contribution < 1.29 is 38.1 Å². The number of benzene rings is 2. The molecule has 9 heteroatoms. The van der Waals surface area contributed by atoms with Gasteiger partial charge < -0.3 is 19.8 Å². The summed E-state index contributed by atoms with van der Waals surface area (Å²) in [4.78, 5) is 45.0. The van der Waals surface area contributed by atoms with E-state index in [1.54, 1.807) is 4.90 Å². The number of carbonyl (C=O) groups excluding carboxylic acids is 3. The molecule has 2 aromatic rings. The first-order valence-corrected chi connectivity index (χ1v) is 20.2. The van der Waals surface area contributed by atoms with Crippen LogP contribution in [-0.2, 0) is 20.9 Å². The standard InChI is InChI=1S/C46H53F2NO6/c1-39(2)42(5)19-22-46(39,55-38(42)53)37(52)49(26-28-9-7-6-8-10-28)27-44(54)18-15-35-41(44,4)17-14-34-40(3)16-13-30(50)24-43(40)20-21-45(34,35)31(25-43)36(51)29-11-12-32(47)33(48)23-29/h6-12,20-21,23,25,30,34-35,50,54H,13-19,22,24,26-27H2,1-5H3. The molecule has 2 N–H and O–H groups in total. The Morgan fingerprint density at radius 3 is 2.22 bits per heavy atom. The fourth-order valence-electron chi connectivity index (χ4n) is 13.7. The number of ketones is 1. The summed E-state index contributed by atoms with van der Waals surface area (Å²) in [7, 11) is 0. The van der Waals surface area contributed by atoms with Crippen molar-refractivity contribution in [1.82, 2.24) is 4.90 Å². The maximum Gasteiger partial charge on any atom is 0.313 e. The number of ether oxygens (including phenoxy) is 1. The highest BCUT2D eigenvalue weighted by Crippen LogP contribution is 2.78. The third kappa shape index (κ3) is 4.40. The minimum atomic E-state index is -1.37. The molecular weight excluding hydrogens is 701 g/mol. The van der Waals surface area contributed by atoms with Crippen LogP contribution in [0.25, 0.3) is 0 Å². The molecular formula is C46H53F2NO6. The monoisotopic (exact) mass is 753 g/mol. The second-order valence-corrected chi connectivity index (χ2v) is 19.6. The van der Waals surface area contributed by atoms with Crippen molar-refractivity contribution in [2.75, 3.05) is 6.54 Å². The van der Waals surface area contributed by atoms with Crippen LogP contribution in [0, 0.1) is 56.0 Å². The molecule has 0 radical (unpaired) electrons. The van der Waals surface area contributed by atoms with Crippen LogP contribution in [0.3, 0.4) is 0 Å². The molecule has 4 bridgehead atoms. The first-order chi connectivity index (χ1) is 25.8. The molecule has 10 atom stereocenters. The molecule has 5 fully saturated rings. The largest absolute Gasteiger partial charge is 0.448 e. The summed E-state index contributed by atoms with van der Waals surface area (Å²) < 4.78 is 35.0. The van der Waals surface area contributed by atoms with E-state index in [1.165, 1.54) is 6.07 Å². The number of hydrogen-bond acceptors (Lipinski definition) is 6. The van der Waals surface area contributed by atoms with Gasteiger partial charge in [-0.25, -0.2) is 8.78 Å². The number of Topliss-reactive ketones (excluding diaryl/α,β-unsaturated/α-hetero) is 1. The molecule has 1 amide bonds. The van der Waals surface area contributed by atoms with Crippen molar-refractivity contribution in [3.63, 3.8) is 0 Å². The van der Waals surface area contributed by atoms with Crippen LogP contribution in [0.15, 0.2) is 72.3 Å². The predicted molar refractivity (Wildman–Crippen MR) is 201 cm³/mol. The van der Waals surface area contributed by atoms with Crippen molar-refractivity contribution in [3.05, 3.63) is 95.1 Å². The minimum Gasteiger partial charge on any atom is -0.448 e. The van der Waals surface area contributed by atoms with Gasteiger partial charge in [-0.2, -0.15) is 0 Å². The van der Waals surface area contributed by atoms with Crippen molar-refractivity contribution in [3.8, 4) is 0 Å². The van der Waals surface area contributed by atoms with Gasteiger partial charge in [-0.3, -0.25) is 14.4 Å². The van der Waals surface area contributed by atoms with E-state index in [-0.39, 0.29) is 53.6 Å². The molecule has 1 heterocycles. The Morgan fingerprint density at radius 1 is 0.855 bits per heavy atom. The Balaban J connectivity index is 1.14. The van der Waals surface area contributed by atoms with E-state index in [2.05, 4.69) is 32.1 Å². The summed E-state index contributed by atoms with van der Waals surface area (Å²) >= 11 is 0. The summed E-state index contributed by atoms with van der Waals surface area (Å²) in [6.07, 6.45) is 11.1. The second kappa shape index (κ2) is 11.5. The normalized spacial score (nSPS) is 43.0. The molecule has 1 aliphatic heterocycles. The van der Waals surface area contributed by atoms with Gasteiger partial charge in [-0.15, -0.1) is 0 Å². The average Bonchev–Trinajstić information content (AvgIpc) is 3.60. The van der Waals surface area contributed by atoms with Crippen molar-refractivity contribution in [2.24, 2.45) is 44.3 Å². The van der Waals surface area contributed by atoms with Crippen molar-refractivity contribution >= 4 is 17.7 Å². The summed E-state index contributed by atoms with van der Waals surface area (Å²) in [6.45, 7) is 10.4. The maximum atomic E-state index is 15.2. The number of fused-ring (bicyclic) bond motifs is 3. The fraction of sp³-hybridized carbons (Fsp3) is 0.587. The third-order valence-corrected chi connectivity index (χ3v) is 17.5. The number of aliphatic hydroxyl groups is 2. The lowest BCUT2D eigenvalue weighted by Gasteiger charge is -2.71. The lowest BCUT2D eigenvalue weighted by Crippen LogP contribution is -2.67. The van der Waals surface area contributed by atoms with E-state index in [1.807, 2.05) is 51.1 Å². The van der Waals surface area contributed by atoms with Crippen LogP contribution in [0.2, 0.25) is 0 Å². The number of hydrogen-bond donors (Lipinski definition) is 2. The van der Waals surface area contributed by atoms with Gasteiger partial charge in [0.1, 0.15) is 0 Å². The number of aliphatic hydroxyl groups excluding tert-OH is 1. The van der Waals surface area contributed by atoms with Gasteiger partial charge in [-0.05, 0) is 106 Å². The van der Waals surface area contributed by atoms with E-state index in [0.717, 1.165) is 24.1 Å². The van der Waals surface area contributed by atoms with Crippen molar-refractivity contribution in [1.29, 1.82) is 0 Å². The molecule has 7 nitrogen and oxygen atoms in total. The zero-order valence-electron chi connectivity index (χ0n) is 32.6. The Kier molecular flexibility index (Phi) is 7.69. The Bertz CT molecular complexity index is 2080. The highest BCUT2D eigenvalue weighted by Gasteiger charge is 2.78. The fourth-order valence-corrected chi connectivity index (χ4v) is 13.7. The summed E-state index contributed by atoms with van der Waals surface area (Å²) in [6, 6.07) is 13.0. The lowest BCUT2D eigenvalue weighted by molar-refractivity contribution is -0.187. The second-order valence-electron chi connectivity index (χ2n) is 19.6. The molecule has 10 rings (SSSR count). The average molecular weight is 754 g/mol. The van der Waals surface area contributed by atoms with E-state index >= 15 is 4.79 Å². The number of rotatable bonds is 7. The maximum absolute atomic E-state index is 15.2.